The van der Waals surface area contributed by atoms with Gasteiger partial charge in [0, 0.05) is 24.2 Å². The van der Waals surface area contributed by atoms with Crippen LogP contribution in [0.2, 0.25) is 0 Å². The Hall–Kier alpha value is -3.82. The van der Waals surface area contributed by atoms with Crippen molar-refractivity contribution in [3.05, 3.63) is 71.9 Å². The molecule has 0 bridgehead atoms. The SMILES string of the molecule is Cn1nc(C(F)(F)F)cc1-c1cc(C(=O)Nc2ccc(F)cn2)c2ncccc2c1. The summed E-state index contributed by atoms with van der Waals surface area (Å²) in [7, 11) is 1.39. The minimum Gasteiger partial charge on any atom is -0.306 e. The van der Waals surface area contributed by atoms with E-state index in [0.29, 0.717) is 16.5 Å². The molecule has 0 unspecified atom stereocenters. The fourth-order valence-corrected chi connectivity index (χ4v) is 3.02. The number of alkyl halides is 3. The molecular weight excluding hydrogens is 402 g/mol. The number of rotatable bonds is 3. The first-order valence-electron chi connectivity index (χ1n) is 8.65. The highest BCUT2D eigenvalue weighted by atomic mass is 19.4. The molecule has 0 aliphatic heterocycles. The molecule has 0 spiro atoms. The van der Waals surface area contributed by atoms with Crippen molar-refractivity contribution in [2.24, 2.45) is 7.05 Å². The standard InChI is InChI=1S/C20H13F4N5O/c1-29-15(9-16(28-29)20(22,23)24)12-7-11-3-2-6-25-18(11)14(8-12)19(30)27-17-5-4-13(21)10-26-17/h2-10H,1H3,(H,26,27,30). The Bertz CT molecular complexity index is 1250. The molecule has 0 saturated carbocycles. The number of carbonyl (C=O) groups is 1. The Kier molecular flexibility index (Phi) is 4.69. The van der Waals surface area contributed by atoms with E-state index in [-0.39, 0.29) is 17.1 Å². The van der Waals surface area contributed by atoms with Crippen molar-refractivity contribution < 1.29 is 22.4 Å². The van der Waals surface area contributed by atoms with Gasteiger partial charge in [-0.05, 0) is 36.4 Å². The van der Waals surface area contributed by atoms with Gasteiger partial charge in [0.2, 0.25) is 0 Å². The van der Waals surface area contributed by atoms with E-state index >= 15 is 0 Å². The van der Waals surface area contributed by atoms with Gasteiger partial charge in [-0.15, -0.1) is 0 Å². The summed E-state index contributed by atoms with van der Waals surface area (Å²) >= 11 is 0. The van der Waals surface area contributed by atoms with Gasteiger partial charge >= 0.3 is 6.18 Å². The Morgan fingerprint density at radius 2 is 1.90 bits per heavy atom. The molecule has 0 saturated heterocycles. The second-order valence-corrected chi connectivity index (χ2v) is 6.45. The van der Waals surface area contributed by atoms with Crippen LogP contribution in [0.3, 0.4) is 0 Å². The third-order valence-corrected chi connectivity index (χ3v) is 4.38. The Morgan fingerprint density at radius 3 is 2.57 bits per heavy atom. The number of halogens is 4. The predicted molar refractivity (Wildman–Crippen MR) is 101 cm³/mol. The summed E-state index contributed by atoms with van der Waals surface area (Å²) in [6, 6.07) is 9.77. The number of nitrogens with one attached hydrogen (secondary N) is 1. The Balaban J connectivity index is 1.81. The maximum Gasteiger partial charge on any atom is 0.435 e. The number of benzene rings is 1. The number of aromatic nitrogens is 4. The topological polar surface area (TPSA) is 72.7 Å². The number of hydrogen-bond donors (Lipinski definition) is 1. The molecule has 1 N–H and O–H groups in total. The fraction of sp³-hybridized carbons (Fsp3) is 0.100. The Morgan fingerprint density at radius 1 is 1.10 bits per heavy atom. The van der Waals surface area contributed by atoms with Gasteiger partial charge in [-0.25, -0.2) is 9.37 Å². The lowest BCUT2D eigenvalue weighted by Gasteiger charge is -2.10. The highest BCUT2D eigenvalue weighted by molar-refractivity contribution is 6.12. The summed E-state index contributed by atoms with van der Waals surface area (Å²) in [5, 5.41) is 6.62. The molecule has 4 rings (SSSR count). The van der Waals surface area contributed by atoms with Crippen LogP contribution in [-0.2, 0) is 13.2 Å². The first kappa shape index (κ1) is 19.5. The van der Waals surface area contributed by atoms with Crippen molar-refractivity contribution in [1.29, 1.82) is 0 Å². The Labute approximate surface area is 167 Å². The summed E-state index contributed by atoms with van der Waals surface area (Å²) < 4.78 is 53.3. The van der Waals surface area contributed by atoms with Gasteiger partial charge in [0.05, 0.1) is 23.0 Å². The van der Waals surface area contributed by atoms with Gasteiger partial charge in [0.15, 0.2) is 5.69 Å². The van der Waals surface area contributed by atoms with Crippen molar-refractivity contribution in [2.75, 3.05) is 5.32 Å². The minimum absolute atomic E-state index is 0.121. The summed E-state index contributed by atoms with van der Waals surface area (Å²) in [6.07, 6.45) is -2.14. The van der Waals surface area contributed by atoms with Crippen LogP contribution in [0.5, 0.6) is 0 Å². The molecule has 152 valence electrons. The predicted octanol–water partition coefficient (Wildman–Crippen LogP) is 4.44. The summed E-state index contributed by atoms with van der Waals surface area (Å²) in [5.74, 6) is -1.02. The number of carbonyl (C=O) groups excluding carboxylic acids is 1. The summed E-state index contributed by atoms with van der Waals surface area (Å²) in [6.45, 7) is 0. The highest BCUT2D eigenvalue weighted by Gasteiger charge is 2.34. The molecule has 0 atom stereocenters. The molecule has 0 aliphatic rings. The number of pyridine rings is 2. The molecule has 0 fully saturated rings. The van der Waals surface area contributed by atoms with Gasteiger partial charge in [0.25, 0.3) is 5.91 Å². The maximum atomic E-state index is 13.0. The second-order valence-electron chi connectivity index (χ2n) is 6.45. The zero-order valence-corrected chi connectivity index (χ0v) is 15.4. The van der Waals surface area contributed by atoms with Crippen molar-refractivity contribution in [2.45, 2.75) is 6.18 Å². The van der Waals surface area contributed by atoms with E-state index in [9.17, 15) is 22.4 Å². The number of hydrogen-bond acceptors (Lipinski definition) is 4. The summed E-state index contributed by atoms with van der Waals surface area (Å²) in [5.41, 5.74) is -0.00361. The lowest BCUT2D eigenvalue weighted by molar-refractivity contribution is -0.141. The molecule has 10 heteroatoms. The smallest absolute Gasteiger partial charge is 0.306 e. The van der Waals surface area contributed by atoms with E-state index in [2.05, 4.69) is 20.4 Å². The van der Waals surface area contributed by atoms with Crippen LogP contribution in [0.15, 0.2) is 54.9 Å². The molecule has 30 heavy (non-hydrogen) atoms. The zero-order chi connectivity index (χ0) is 21.5. The first-order chi connectivity index (χ1) is 14.2. The van der Waals surface area contributed by atoms with Crippen molar-refractivity contribution in [1.82, 2.24) is 19.7 Å². The minimum atomic E-state index is -4.59. The fourth-order valence-electron chi connectivity index (χ4n) is 3.02. The quantitative estimate of drug-likeness (QED) is 0.502. The monoisotopic (exact) mass is 415 g/mol. The van der Waals surface area contributed by atoms with Crippen molar-refractivity contribution in [3.8, 4) is 11.3 Å². The van der Waals surface area contributed by atoms with Crippen LogP contribution >= 0.6 is 0 Å². The molecule has 0 aliphatic carbocycles. The molecule has 1 aromatic carbocycles. The number of anilines is 1. The lowest BCUT2D eigenvalue weighted by atomic mass is 10.0. The van der Waals surface area contributed by atoms with Crippen molar-refractivity contribution >= 4 is 22.6 Å². The third kappa shape index (κ3) is 3.71. The molecular formula is C20H13F4N5O. The van der Waals surface area contributed by atoms with Crippen LogP contribution in [-0.4, -0.2) is 25.7 Å². The number of fused-ring (bicyclic) bond motifs is 1. The first-order valence-corrected chi connectivity index (χ1v) is 8.65. The van der Waals surface area contributed by atoms with E-state index in [0.717, 1.165) is 23.0 Å². The highest BCUT2D eigenvalue weighted by Crippen LogP contribution is 2.33. The van der Waals surface area contributed by atoms with Gasteiger partial charge < -0.3 is 5.32 Å². The lowest BCUT2D eigenvalue weighted by Crippen LogP contribution is -2.14. The maximum absolute atomic E-state index is 13.0. The van der Waals surface area contributed by atoms with Crippen molar-refractivity contribution in [3.63, 3.8) is 0 Å². The van der Waals surface area contributed by atoms with Crippen LogP contribution in [0.4, 0.5) is 23.4 Å². The zero-order valence-electron chi connectivity index (χ0n) is 15.4. The van der Waals surface area contributed by atoms with E-state index in [1.165, 1.54) is 25.4 Å². The molecule has 3 aromatic heterocycles. The van der Waals surface area contributed by atoms with Crippen LogP contribution in [0.25, 0.3) is 22.2 Å². The average Bonchev–Trinajstić information content (AvgIpc) is 3.11. The number of amides is 1. The van der Waals surface area contributed by atoms with Gasteiger partial charge in [-0.2, -0.15) is 18.3 Å². The van der Waals surface area contributed by atoms with E-state index in [1.807, 2.05) is 0 Å². The molecule has 1 amide bonds. The van der Waals surface area contributed by atoms with E-state index in [4.69, 9.17) is 0 Å². The molecule has 0 radical (unpaired) electrons. The molecule has 3 heterocycles. The van der Waals surface area contributed by atoms with Crippen LogP contribution in [0, 0.1) is 5.82 Å². The van der Waals surface area contributed by atoms with Crippen LogP contribution < -0.4 is 5.32 Å². The van der Waals surface area contributed by atoms with E-state index < -0.39 is 23.6 Å². The molecule has 4 aromatic rings. The molecule has 6 nitrogen and oxygen atoms in total. The van der Waals surface area contributed by atoms with Gasteiger partial charge in [-0.3, -0.25) is 14.5 Å². The van der Waals surface area contributed by atoms with Gasteiger partial charge in [0.1, 0.15) is 11.6 Å². The normalized spacial score (nSPS) is 11.6. The van der Waals surface area contributed by atoms with Gasteiger partial charge in [-0.1, -0.05) is 6.07 Å². The second kappa shape index (κ2) is 7.21. The number of aryl methyl sites for hydroxylation is 1. The largest absolute Gasteiger partial charge is 0.435 e. The third-order valence-electron chi connectivity index (χ3n) is 4.38. The number of nitrogens with zero attached hydrogens (tertiary/aromatic N) is 4. The van der Waals surface area contributed by atoms with E-state index in [1.54, 1.807) is 18.2 Å². The average molecular weight is 415 g/mol. The van der Waals surface area contributed by atoms with Crippen LogP contribution in [0.1, 0.15) is 16.1 Å². The summed E-state index contributed by atoms with van der Waals surface area (Å²) in [4.78, 5) is 20.9.